The predicted octanol–water partition coefficient (Wildman–Crippen LogP) is -0.723. The monoisotopic (exact) mass is 219 g/mol. The van der Waals surface area contributed by atoms with Gasteiger partial charge in [0.2, 0.25) is 0 Å². The number of likely N-dealkylation sites (N-methyl/N-ethyl adjacent to an activating group) is 1. The highest BCUT2D eigenvalue weighted by molar-refractivity contribution is 7.87. The summed E-state index contributed by atoms with van der Waals surface area (Å²) in [5, 5.41) is 3.16. The number of hydrogen-bond acceptors (Lipinski definition) is 3. The molecule has 82 valence electrons. The third kappa shape index (κ3) is 2.25. The molecule has 14 heavy (non-hydrogen) atoms. The van der Waals surface area contributed by atoms with E-state index in [0.717, 1.165) is 32.4 Å². The molecule has 0 aromatic heterocycles. The van der Waals surface area contributed by atoms with Crippen molar-refractivity contribution in [2.75, 3.05) is 20.1 Å². The van der Waals surface area contributed by atoms with Crippen LogP contribution in [0.25, 0.3) is 0 Å². The Morgan fingerprint density at radius 2 is 2.07 bits per heavy atom. The van der Waals surface area contributed by atoms with Crippen molar-refractivity contribution in [3.8, 4) is 0 Å². The summed E-state index contributed by atoms with van der Waals surface area (Å²) in [7, 11) is -1.58. The highest BCUT2D eigenvalue weighted by Gasteiger charge is 2.33. The summed E-state index contributed by atoms with van der Waals surface area (Å²) < 4.78 is 27.7. The Kier molecular flexibility index (Phi) is 2.79. The van der Waals surface area contributed by atoms with Gasteiger partial charge in [-0.25, -0.2) is 0 Å². The third-order valence-corrected chi connectivity index (χ3v) is 4.51. The van der Waals surface area contributed by atoms with E-state index in [0.29, 0.717) is 0 Å². The van der Waals surface area contributed by atoms with E-state index in [2.05, 4.69) is 10.0 Å². The van der Waals surface area contributed by atoms with Crippen molar-refractivity contribution in [1.82, 2.24) is 14.3 Å². The summed E-state index contributed by atoms with van der Waals surface area (Å²) in [4.78, 5) is 0. The van der Waals surface area contributed by atoms with Crippen LogP contribution in [0.1, 0.15) is 19.3 Å². The summed E-state index contributed by atoms with van der Waals surface area (Å²) in [6, 6.07) is 0.308. The second-order valence-corrected chi connectivity index (χ2v) is 5.82. The highest BCUT2D eigenvalue weighted by atomic mass is 32.2. The molecule has 2 fully saturated rings. The van der Waals surface area contributed by atoms with Crippen molar-refractivity contribution in [1.29, 1.82) is 0 Å². The molecule has 1 aliphatic heterocycles. The van der Waals surface area contributed by atoms with E-state index in [1.165, 1.54) is 4.31 Å². The second kappa shape index (κ2) is 3.77. The summed E-state index contributed by atoms with van der Waals surface area (Å²) in [5.41, 5.74) is 0. The largest absolute Gasteiger partial charge is 0.315 e. The van der Waals surface area contributed by atoms with Crippen LogP contribution in [-0.2, 0) is 10.2 Å². The molecule has 0 radical (unpaired) electrons. The van der Waals surface area contributed by atoms with Crippen molar-refractivity contribution < 1.29 is 8.42 Å². The Labute approximate surface area is 85.0 Å². The van der Waals surface area contributed by atoms with Crippen molar-refractivity contribution >= 4 is 10.2 Å². The predicted molar refractivity (Wildman–Crippen MR) is 54.1 cm³/mol. The van der Waals surface area contributed by atoms with Crippen molar-refractivity contribution in [2.45, 2.75) is 31.3 Å². The van der Waals surface area contributed by atoms with Crippen LogP contribution in [0.2, 0.25) is 0 Å². The zero-order chi connectivity index (χ0) is 10.2. The van der Waals surface area contributed by atoms with E-state index >= 15 is 0 Å². The molecule has 2 N–H and O–H groups in total. The summed E-state index contributed by atoms with van der Waals surface area (Å²) in [6.07, 6.45) is 2.87. The van der Waals surface area contributed by atoms with Crippen LogP contribution < -0.4 is 10.0 Å². The van der Waals surface area contributed by atoms with E-state index in [1.54, 1.807) is 7.05 Å². The van der Waals surface area contributed by atoms with Crippen LogP contribution in [0.3, 0.4) is 0 Å². The Morgan fingerprint density at radius 1 is 1.36 bits per heavy atom. The topological polar surface area (TPSA) is 61.4 Å². The molecule has 0 amide bonds. The van der Waals surface area contributed by atoms with Crippen LogP contribution >= 0.6 is 0 Å². The lowest BCUT2D eigenvalue weighted by Gasteiger charge is -2.23. The van der Waals surface area contributed by atoms with Gasteiger partial charge in [-0.2, -0.15) is 17.4 Å². The molecule has 1 unspecified atom stereocenters. The van der Waals surface area contributed by atoms with Crippen LogP contribution in [-0.4, -0.2) is 44.9 Å². The fourth-order valence-corrected chi connectivity index (χ4v) is 3.04. The van der Waals surface area contributed by atoms with E-state index < -0.39 is 10.2 Å². The number of rotatable bonds is 4. The lowest BCUT2D eigenvalue weighted by molar-refractivity contribution is 0.380. The number of hydrogen-bond donors (Lipinski definition) is 2. The smallest absolute Gasteiger partial charge is 0.279 e. The van der Waals surface area contributed by atoms with Gasteiger partial charge in [-0.15, -0.1) is 0 Å². The first-order valence-corrected chi connectivity index (χ1v) is 6.49. The molecule has 2 rings (SSSR count). The average Bonchev–Trinajstić information content (AvgIpc) is 2.77. The maximum Gasteiger partial charge on any atom is 0.279 e. The Hall–Kier alpha value is -0.170. The van der Waals surface area contributed by atoms with Gasteiger partial charge in [0, 0.05) is 25.7 Å². The molecule has 0 aromatic rings. The van der Waals surface area contributed by atoms with Crippen molar-refractivity contribution in [3.05, 3.63) is 0 Å². The Morgan fingerprint density at radius 3 is 2.57 bits per heavy atom. The van der Waals surface area contributed by atoms with Crippen LogP contribution in [0.15, 0.2) is 0 Å². The van der Waals surface area contributed by atoms with Gasteiger partial charge in [-0.3, -0.25) is 0 Å². The fraction of sp³-hybridized carbons (Fsp3) is 1.00. The highest BCUT2D eigenvalue weighted by Crippen LogP contribution is 2.21. The SMILES string of the molecule is CN(C1CCNC1)S(=O)(=O)NC1CC1. The third-order valence-electron chi connectivity index (χ3n) is 2.82. The molecule has 1 atom stereocenters. The minimum absolute atomic E-state index is 0.117. The van der Waals surface area contributed by atoms with Gasteiger partial charge in [0.05, 0.1) is 0 Å². The van der Waals surface area contributed by atoms with Crippen molar-refractivity contribution in [2.24, 2.45) is 0 Å². The molecule has 0 aromatic carbocycles. The quantitative estimate of drug-likeness (QED) is 0.656. The standard InChI is InChI=1S/C8H17N3O2S/c1-11(8-4-5-9-6-8)14(12,13)10-7-2-3-7/h7-10H,2-6H2,1H3. The van der Waals surface area contributed by atoms with Crippen molar-refractivity contribution in [3.63, 3.8) is 0 Å². The number of nitrogens with one attached hydrogen (secondary N) is 2. The van der Waals surface area contributed by atoms with E-state index in [-0.39, 0.29) is 12.1 Å². The maximum absolute atomic E-state index is 11.8. The molecule has 1 saturated carbocycles. The molecule has 6 heteroatoms. The summed E-state index contributed by atoms with van der Waals surface area (Å²) in [5.74, 6) is 0. The normalized spacial score (nSPS) is 28.6. The van der Waals surface area contributed by atoms with E-state index in [1.807, 2.05) is 0 Å². The first-order chi connectivity index (χ1) is 6.59. The maximum atomic E-state index is 11.8. The van der Waals surface area contributed by atoms with Gasteiger partial charge in [0.25, 0.3) is 10.2 Å². The molecule has 1 heterocycles. The first-order valence-electron chi connectivity index (χ1n) is 5.05. The van der Waals surface area contributed by atoms with Gasteiger partial charge < -0.3 is 5.32 Å². The van der Waals surface area contributed by atoms with Crippen LogP contribution in [0, 0.1) is 0 Å². The summed E-state index contributed by atoms with van der Waals surface area (Å²) >= 11 is 0. The molecular weight excluding hydrogens is 202 g/mol. The Balaban J connectivity index is 1.96. The lowest BCUT2D eigenvalue weighted by Crippen LogP contribution is -2.45. The second-order valence-electron chi connectivity index (χ2n) is 4.06. The molecule has 2 aliphatic rings. The van der Waals surface area contributed by atoms with Crippen LogP contribution in [0.5, 0.6) is 0 Å². The first kappa shape index (κ1) is 10.4. The molecule has 0 bridgehead atoms. The van der Waals surface area contributed by atoms with Gasteiger partial charge in [-0.1, -0.05) is 0 Å². The Bertz CT molecular complexity index is 294. The molecule has 1 aliphatic carbocycles. The fourth-order valence-electron chi connectivity index (χ4n) is 1.64. The van der Waals surface area contributed by atoms with Gasteiger partial charge in [0.1, 0.15) is 0 Å². The zero-order valence-electron chi connectivity index (χ0n) is 8.36. The summed E-state index contributed by atoms with van der Waals surface area (Å²) in [6.45, 7) is 1.68. The molecule has 0 spiro atoms. The molecular formula is C8H17N3O2S. The number of nitrogens with zero attached hydrogens (tertiary/aromatic N) is 1. The lowest BCUT2D eigenvalue weighted by atomic mass is 10.3. The average molecular weight is 219 g/mol. The van der Waals surface area contributed by atoms with Gasteiger partial charge in [0.15, 0.2) is 0 Å². The van der Waals surface area contributed by atoms with Gasteiger partial charge >= 0.3 is 0 Å². The van der Waals surface area contributed by atoms with Gasteiger partial charge in [-0.05, 0) is 25.8 Å². The van der Waals surface area contributed by atoms with E-state index in [4.69, 9.17) is 0 Å². The minimum Gasteiger partial charge on any atom is -0.315 e. The minimum atomic E-state index is -3.24. The molecule has 5 nitrogen and oxygen atoms in total. The van der Waals surface area contributed by atoms with Crippen LogP contribution in [0.4, 0.5) is 0 Å². The molecule has 1 saturated heterocycles. The van der Waals surface area contributed by atoms with E-state index in [9.17, 15) is 8.42 Å². The zero-order valence-corrected chi connectivity index (χ0v) is 9.18.